The zero-order valence-electron chi connectivity index (χ0n) is 11.2. The van der Waals surface area contributed by atoms with Gasteiger partial charge in [-0.15, -0.1) is 11.3 Å². The van der Waals surface area contributed by atoms with Gasteiger partial charge in [0, 0.05) is 5.56 Å². The second-order valence-electron chi connectivity index (χ2n) is 4.30. The Morgan fingerprint density at radius 2 is 2.05 bits per heavy atom. The average molecular weight is 271 g/mol. The number of thiophene rings is 1. The molecule has 1 heterocycles. The molecule has 3 heteroatoms. The molecule has 0 radical (unpaired) electrons. The summed E-state index contributed by atoms with van der Waals surface area (Å²) in [7, 11) is 0. The van der Waals surface area contributed by atoms with Crippen LogP contribution in [0.25, 0.3) is 0 Å². The molecule has 0 atom stereocenters. The molecule has 2 rings (SSSR count). The van der Waals surface area contributed by atoms with Crippen molar-refractivity contribution in [2.75, 3.05) is 6.54 Å². The molecular formula is C16H17NOS. The maximum atomic E-state index is 5.82. The summed E-state index contributed by atoms with van der Waals surface area (Å²) in [6, 6.07) is 8.15. The smallest absolute Gasteiger partial charge is 0.124 e. The lowest BCUT2D eigenvalue weighted by atomic mass is 10.1. The summed E-state index contributed by atoms with van der Waals surface area (Å²) in [5.41, 5.74) is 8.92. The van der Waals surface area contributed by atoms with E-state index < -0.39 is 0 Å². The van der Waals surface area contributed by atoms with Crippen LogP contribution >= 0.6 is 11.3 Å². The van der Waals surface area contributed by atoms with Gasteiger partial charge in [0.1, 0.15) is 12.4 Å². The van der Waals surface area contributed by atoms with Gasteiger partial charge in [-0.2, -0.15) is 0 Å². The zero-order valence-corrected chi connectivity index (χ0v) is 12.0. The Balaban J connectivity index is 2.06. The molecule has 0 bridgehead atoms. The van der Waals surface area contributed by atoms with Crippen LogP contribution in [-0.4, -0.2) is 6.54 Å². The van der Waals surface area contributed by atoms with E-state index in [9.17, 15) is 0 Å². The lowest BCUT2D eigenvalue weighted by Gasteiger charge is -2.07. The molecule has 0 fully saturated rings. The van der Waals surface area contributed by atoms with Gasteiger partial charge in [0.05, 0.1) is 11.4 Å². The van der Waals surface area contributed by atoms with Crippen molar-refractivity contribution < 1.29 is 4.74 Å². The maximum absolute atomic E-state index is 5.82. The lowest BCUT2D eigenvalue weighted by Crippen LogP contribution is -1.96. The fourth-order valence-electron chi connectivity index (χ4n) is 1.66. The summed E-state index contributed by atoms with van der Waals surface area (Å²) in [6.07, 6.45) is 0. The molecule has 2 nitrogen and oxygen atoms in total. The van der Waals surface area contributed by atoms with Crippen molar-refractivity contribution in [3.63, 3.8) is 0 Å². The van der Waals surface area contributed by atoms with E-state index in [0.29, 0.717) is 13.2 Å². The van der Waals surface area contributed by atoms with Gasteiger partial charge in [-0.3, -0.25) is 0 Å². The highest BCUT2D eigenvalue weighted by atomic mass is 32.1. The predicted molar refractivity (Wildman–Crippen MR) is 80.5 cm³/mol. The Labute approximate surface area is 118 Å². The molecule has 2 aromatic rings. The molecule has 19 heavy (non-hydrogen) atoms. The first-order valence-electron chi connectivity index (χ1n) is 6.16. The SMILES string of the molecule is Cc1ccc(OCc2sccc2C#CCN)cc1C. The van der Waals surface area contributed by atoms with E-state index in [2.05, 4.69) is 37.8 Å². The number of rotatable bonds is 3. The van der Waals surface area contributed by atoms with Gasteiger partial charge in [-0.1, -0.05) is 17.9 Å². The first kappa shape index (κ1) is 13.7. The molecule has 2 N–H and O–H groups in total. The molecular weight excluding hydrogens is 254 g/mol. The number of aryl methyl sites for hydroxylation is 2. The molecule has 0 aliphatic carbocycles. The van der Waals surface area contributed by atoms with Gasteiger partial charge in [0.15, 0.2) is 0 Å². The molecule has 0 saturated carbocycles. The maximum Gasteiger partial charge on any atom is 0.124 e. The van der Waals surface area contributed by atoms with E-state index in [4.69, 9.17) is 10.5 Å². The van der Waals surface area contributed by atoms with Gasteiger partial charge in [-0.25, -0.2) is 0 Å². The average Bonchev–Trinajstić information content (AvgIpc) is 2.85. The van der Waals surface area contributed by atoms with Crippen molar-refractivity contribution in [3.8, 4) is 17.6 Å². The van der Waals surface area contributed by atoms with Crippen LogP contribution in [0.15, 0.2) is 29.6 Å². The number of hydrogen-bond acceptors (Lipinski definition) is 3. The third-order valence-corrected chi connectivity index (χ3v) is 3.81. The monoisotopic (exact) mass is 271 g/mol. The molecule has 1 aromatic heterocycles. The third-order valence-electron chi connectivity index (χ3n) is 2.92. The van der Waals surface area contributed by atoms with Crippen LogP contribution in [0.4, 0.5) is 0 Å². The fourth-order valence-corrected chi connectivity index (χ4v) is 2.40. The standard InChI is InChI=1S/C16H17NOS/c1-12-5-6-15(10-13(12)2)18-11-16-14(4-3-8-17)7-9-19-16/h5-7,9-10H,8,11,17H2,1-2H3. The second kappa shape index (κ2) is 6.42. The van der Waals surface area contributed by atoms with Crippen LogP contribution in [0.5, 0.6) is 5.75 Å². The van der Waals surface area contributed by atoms with Crippen LogP contribution in [0, 0.1) is 25.7 Å². The van der Waals surface area contributed by atoms with Gasteiger partial charge >= 0.3 is 0 Å². The summed E-state index contributed by atoms with van der Waals surface area (Å²) < 4.78 is 5.82. The normalized spacial score (nSPS) is 9.84. The van der Waals surface area contributed by atoms with Crippen molar-refractivity contribution in [1.29, 1.82) is 0 Å². The zero-order chi connectivity index (χ0) is 13.7. The van der Waals surface area contributed by atoms with Gasteiger partial charge in [0.2, 0.25) is 0 Å². The lowest BCUT2D eigenvalue weighted by molar-refractivity contribution is 0.309. The van der Waals surface area contributed by atoms with Crippen LogP contribution < -0.4 is 10.5 Å². The van der Waals surface area contributed by atoms with E-state index in [1.807, 2.05) is 17.5 Å². The van der Waals surface area contributed by atoms with Gasteiger partial charge in [0.25, 0.3) is 0 Å². The quantitative estimate of drug-likeness (QED) is 0.870. The Kier molecular flexibility index (Phi) is 4.62. The van der Waals surface area contributed by atoms with Gasteiger partial charge < -0.3 is 10.5 Å². The molecule has 98 valence electrons. The predicted octanol–water partition coefficient (Wildman–Crippen LogP) is 3.25. The van der Waals surface area contributed by atoms with Crippen molar-refractivity contribution in [3.05, 3.63) is 51.2 Å². The summed E-state index contributed by atoms with van der Waals surface area (Å²) in [5.74, 6) is 6.84. The number of hydrogen-bond donors (Lipinski definition) is 1. The van der Waals surface area contributed by atoms with Crippen LogP contribution in [0.1, 0.15) is 21.6 Å². The Morgan fingerprint density at radius 1 is 1.21 bits per heavy atom. The highest BCUT2D eigenvalue weighted by Gasteiger charge is 2.04. The first-order valence-corrected chi connectivity index (χ1v) is 7.04. The molecule has 0 aliphatic heterocycles. The molecule has 1 aromatic carbocycles. The van der Waals surface area contributed by atoms with E-state index >= 15 is 0 Å². The summed E-state index contributed by atoms with van der Waals surface area (Å²) >= 11 is 1.66. The second-order valence-corrected chi connectivity index (χ2v) is 5.30. The van der Waals surface area contributed by atoms with Crippen molar-refractivity contribution in [1.82, 2.24) is 0 Å². The Hall–Kier alpha value is -1.76. The topological polar surface area (TPSA) is 35.2 Å². The summed E-state index contributed by atoms with van der Waals surface area (Å²) in [6.45, 7) is 5.12. The highest BCUT2D eigenvalue weighted by molar-refractivity contribution is 7.10. The number of ether oxygens (including phenoxy) is 1. The van der Waals surface area contributed by atoms with Gasteiger partial charge in [-0.05, 0) is 48.6 Å². The van der Waals surface area contributed by atoms with E-state index in [1.165, 1.54) is 11.1 Å². The van der Waals surface area contributed by atoms with Crippen molar-refractivity contribution in [2.24, 2.45) is 5.73 Å². The first-order chi connectivity index (χ1) is 9.20. The minimum absolute atomic E-state index is 0.382. The van der Waals surface area contributed by atoms with Crippen LogP contribution in [0.2, 0.25) is 0 Å². The number of nitrogens with two attached hydrogens (primary N) is 1. The minimum Gasteiger partial charge on any atom is -0.488 e. The summed E-state index contributed by atoms with van der Waals surface area (Å²) in [5, 5.41) is 2.03. The van der Waals surface area contributed by atoms with Crippen LogP contribution in [-0.2, 0) is 6.61 Å². The molecule has 0 unspecified atom stereocenters. The van der Waals surface area contributed by atoms with Crippen LogP contribution in [0.3, 0.4) is 0 Å². The van der Waals surface area contributed by atoms with Crippen molar-refractivity contribution >= 4 is 11.3 Å². The third kappa shape index (κ3) is 3.60. The number of benzene rings is 1. The molecule has 0 saturated heterocycles. The van der Waals surface area contributed by atoms with E-state index in [-0.39, 0.29) is 0 Å². The Bertz CT molecular complexity index is 619. The molecule has 0 amide bonds. The van der Waals surface area contributed by atoms with E-state index in [1.54, 1.807) is 11.3 Å². The highest BCUT2D eigenvalue weighted by Crippen LogP contribution is 2.21. The summed E-state index contributed by atoms with van der Waals surface area (Å²) in [4.78, 5) is 1.14. The largest absolute Gasteiger partial charge is 0.488 e. The van der Waals surface area contributed by atoms with E-state index in [0.717, 1.165) is 16.2 Å². The fraction of sp³-hybridized carbons (Fsp3) is 0.250. The Morgan fingerprint density at radius 3 is 2.79 bits per heavy atom. The molecule has 0 aliphatic rings. The molecule has 0 spiro atoms. The minimum atomic E-state index is 0.382. The van der Waals surface area contributed by atoms with Crippen molar-refractivity contribution in [2.45, 2.75) is 20.5 Å².